The van der Waals surface area contributed by atoms with E-state index >= 15 is 0 Å². The number of nitrogens with one attached hydrogen (secondary N) is 2. The highest BCUT2D eigenvalue weighted by Gasteiger charge is 2.12. The van der Waals surface area contributed by atoms with Crippen molar-refractivity contribution in [3.63, 3.8) is 0 Å². The van der Waals surface area contributed by atoms with Crippen LogP contribution >= 0.6 is 0 Å². The average molecular weight is 266 g/mol. The summed E-state index contributed by atoms with van der Waals surface area (Å²) in [6.45, 7) is 3.93. The highest BCUT2D eigenvalue weighted by molar-refractivity contribution is 5.93. The highest BCUT2D eigenvalue weighted by Crippen LogP contribution is 2.04. The van der Waals surface area contributed by atoms with Gasteiger partial charge in [-0.1, -0.05) is 6.92 Å². The SMILES string of the molecule is Cc1cc(=O)c(C(=O)NCC(C)CCC(=O)O)c[nH]1. The van der Waals surface area contributed by atoms with E-state index in [4.69, 9.17) is 5.11 Å². The van der Waals surface area contributed by atoms with E-state index in [1.54, 1.807) is 6.92 Å². The maximum atomic E-state index is 11.8. The fourth-order valence-corrected chi connectivity index (χ4v) is 1.58. The molecule has 1 aromatic heterocycles. The number of carbonyl (C=O) groups excluding carboxylic acids is 1. The zero-order valence-corrected chi connectivity index (χ0v) is 11.0. The number of hydrogen-bond donors (Lipinski definition) is 3. The molecule has 0 bridgehead atoms. The minimum absolute atomic E-state index is 0.0459. The van der Waals surface area contributed by atoms with Crippen LogP contribution in [0.5, 0.6) is 0 Å². The topological polar surface area (TPSA) is 99.3 Å². The van der Waals surface area contributed by atoms with Crippen molar-refractivity contribution in [3.8, 4) is 0 Å². The van der Waals surface area contributed by atoms with Gasteiger partial charge in [0.25, 0.3) is 5.91 Å². The number of aryl methyl sites for hydroxylation is 1. The number of aromatic amines is 1. The molecule has 6 nitrogen and oxygen atoms in total. The first kappa shape index (κ1) is 14.9. The monoisotopic (exact) mass is 266 g/mol. The predicted molar refractivity (Wildman–Crippen MR) is 70.2 cm³/mol. The van der Waals surface area contributed by atoms with Crippen molar-refractivity contribution < 1.29 is 14.7 Å². The molecule has 6 heteroatoms. The molecule has 0 aliphatic rings. The second-order valence-corrected chi connectivity index (χ2v) is 4.64. The Kier molecular flexibility index (Phi) is 5.29. The molecule has 19 heavy (non-hydrogen) atoms. The second kappa shape index (κ2) is 6.72. The Balaban J connectivity index is 2.51. The summed E-state index contributed by atoms with van der Waals surface area (Å²) in [5, 5.41) is 11.2. The summed E-state index contributed by atoms with van der Waals surface area (Å²) in [5.74, 6) is -1.25. The second-order valence-electron chi connectivity index (χ2n) is 4.64. The van der Waals surface area contributed by atoms with E-state index in [9.17, 15) is 14.4 Å². The maximum absolute atomic E-state index is 11.8. The van der Waals surface area contributed by atoms with Crippen LogP contribution in [0.3, 0.4) is 0 Å². The van der Waals surface area contributed by atoms with E-state index in [-0.39, 0.29) is 23.3 Å². The lowest BCUT2D eigenvalue weighted by molar-refractivity contribution is -0.137. The van der Waals surface area contributed by atoms with Crippen LogP contribution in [0.4, 0.5) is 0 Å². The fraction of sp³-hybridized carbons (Fsp3) is 0.462. The molecule has 0 radical (unpaired) electrons. The fourth-order valence-electron chi connectivity index (χ4n) is 1.58. The molecule has 1 heterocycles. The third-order valence-electron chi connectivity index (χ3n) is 2.76. The Morgan fingerprint density at radius 1 is 1.47 bits per heavy atom. The van der Waals surface area contributed by atoms with Gasteiger partial charge in [-0.2, -0.15) is 0 Å². The Morgan fingerprint density at radius 3 is 2.74 bits per heavy atom. The molecule has 0 spiro atoms. The zero-order valence-electron chi connectivity index (χ0n) is 11.0. The van der Waals surface area contributed by atoms with Crippen molar-refractivity contribution in [1.29, 1.82) is 0 Å². The number of aromatic nitrogens is 1. The molecule has 1 unspecified atom stereocenters. The predicted octanol–water partition coefficient (Wildman–Crippen LogP) is 0.914. The summed E-state index contributed by atoms with van der Waals surface area (Å²) in [6.07, 6.45) is 1.94. The number of H-pyrrole nitrogens is 1. The van der Waals surface area contributed by atoms with Gasteiger partial charge in [0.05, 0.1) is 0 Å². The average Bonchev–Trinajstić information content (AvgIpc) is 2.33. The van der Waals surface area contributed by atoms with E-state index < -0.39 is 11.9 Å². The van der Waals surface area contributed by atoms with Crippen LogP contribution in [0, 0.1) is 12.8 Å². The van der Waals surface area contributed by atoms with Crippen molar-refractivity contribution in [3.05, 3.63) is 33.7 Å². The smallest absolute Gasteiger partial charge is 0.303 e. The van der Waals surface area contributed by atoms with Crippen LogP contribution in [0.15, 0.2) is 17.1 Å². The Labute approximate surface area is 110 Å². The quantitative estimate of drug-likeness (QED) is 0.712. The largest absolute Gasteiger partial charge is 0.481 e. The number of hydrogen-bond acceptors (Lipinski definition) is 3. The maximum Gasteiger partial charge on any atom is 0.303 e. The van der Waals surface area contributed by atoms with Crippen molar-refractivity contribution in [2.45, 2.75) is 26.7 Å². The number of carbonyl (C=O) groups is 2. The summed E-state index contributed by atoms with van der Waals surface area (Å²) >= 11 is 0. The normalized spacial score (nSPS) is 11.9. The summed E-state index contributed by atoms with van der Waals surface area (Å²) in [4.78, 5) is 36.6. The van der Waals surface area contributed by atoms with Gasteiger partial charge in [-0.15, -0.1) is 0 Å². The molecular weight excluding hydrogens is 248 g/mol. The number of aliphatic carboxylic acids is 1. The van der Waals surface area contributed by atoms with E-state index in [1.165, 1.54) is 12.3 Å². The van der Waals surface area contributed by atoms with Gasteiger partial charge in [0.15, 0.2) is 5.43 Å². The number of carboxylic acid groups (broad SMARTS) is 1. The van der Waals surface area contributed by atoms with Crippen molar-refractivity contribution in [1.82, 2.24) is 10.3 Å². The first-order valence-electron chi connectivity index (χ1n) is 6.09. The van der Waals surface area contributed by atoms with Gasteiger partial charge >= 0.3 is 5.97 Å². The third kappa shape index (κ3) is 4.95. The molecule has 3 N–H and O–H groups in total. The molecule has 0 saturated carbocycles. The van der Waals surface area contributed by atoms with Crippen LogP contribution in [0.1, 0.15) is 35.8 Å². The van der Waals surface area contributed by atoms with Gasteiger partial charge in [0, 0.05) is 30.9 Å². The van der Waals surface area contributed by atoms with Crippen molar-refractivity contribution in [2.24, 2.45) is 5.92 Å². The molecule has 0 aromatic carbocycles. The van der Waals surface area contributed by atoms with Gasteiger partial charge in [-0.25, -0.2) is 0 Å². The van der Waals surface area contributed by atoms with Gasteiger partial charge < -0.3 is 15.4 Å². The van der Waals surface area contributed by atoms with Crippen LogP contribution in [0.2, 0.25) is 0 Å². The Morgan fingerprint density at radius 2 is 2.16 bits per heavy atom. The molecule has 1 aromatic rings. The lowest BCUT2D eigenvalue weighted by Gasteiger charge is -2.11. The number of rotatable bonds is 6. The van der Waals surface area contributed by atoms with Crippen molar-refractivity contribution >= 4 is 11.9 Å². The van der Waals surface area contributed by atoms with Gasteiger partial charge in [0.2, 0.25) is 0 Å². The Hall–Kier alpha value is -2.11. The van der Waals surface area contributed by atoms with Crippen LogP contribution in [-0.2, 0) is 4.79 Å². The molecule has 0 aliphatic carbocycles. The minimum atomic E-state index is -0.854. The van der Waals surface area contributed by atoms with Gasteiger partial charge in [-0.05, 0) is 19.3 Å². The molecule has 1 rings (SSSR count). The molecule has 0 saturated heterocycles. The highest BCUT2D eigenvalue weighted by atomic mass is 16.4. The molecule has 0 aliphatic heterocycles. The number of amides is 1. The van der Waals surface area contributed by atoms with Crippen LogP contribution in [-0.4, -0.2) is 28.5 Å². The molecule has 104 valence electrons. The van der Waals surface area contributed by atoms with E-state index in [0.717, 1.165) is 0 Å². The third-order valence-corrected chi connectivity index (χ3v) is 2.76. The Bertz CT molecular complexity index is 522. The summed E-state index contributed by atoms with van der Waals surface area (Å²) in [6, 6.07) is 1.36. The summed E-state index contributed by atoms with van der Waals surface area (Å²) < 4.78 is 0. The standard InChI is InChI=1S/C13H18N2O4/c1-8(3-4-12(17)18)6-15-13(19)10-7-14-9(2)5-11(10)16/h5,7-8H,3-4,6H2,1-2H3,(H,14,16)(H,15,19)(H,17,18). The van der Waals surface area contributed by atoms with E-state index in [0.29, 0.717) is 18.7 Å². The van der Waals surface area contributed by atoms with E-state index in [1.807, 2.05) is 6.92 Å². The van der Waals surface area contributed by atoms with E-state index in [2.05, 4.69) is 10.3 Å². The molecule has 1 atom stereocenters. The first-order valence-corrected chi connectivity index (χ1v) is 6.09. The van der Waals surface area contributed by atoms with Gasteiger partial charge in [0.1, 0.15) is 5.56 Å². The molecule has 1 amide bonds. The first-order chi connectivity index (χ1) is 8.90. The number of pyridine rings is 1. The summed E-state index contributed by atoms with van der Waals surface area (Å²) in [7, 11) is 0. The lowest BCUT2D eigenvalue weighted by atomic mass is 10.1. The van der Waals surface area contributed by atoms with Gasteiger partial charge in [-0.3, -0.25) is 14.4 Å². The lowest BCUT2D eigenvalue weighted by Crippen LogP contribution is -2.32. The summed E-state index contributed by atoms with van der Waals surface area (Å²) in [5.41, 5.74) is 0.430. The molecular formula is C13H18N2O4. The minimum Gasteiger partial charge on any atom is -0.481 e. The zero-order chi connectivity index (χ0) is 14.4. The van der Waals surface area contributed by atoms with Crippen molar-refractivity contribution in [2.75, 3.05) is 6.54 Å². The van der Waals surface area contributed by atoms with Crippen LogP contribution in [0.25, 0.3) is 0 Å². The molecule has 0 fully saturated rings. The van der Waals surface area contributed by atoms with Crippen LogP contribution < -0.4 is 10.7 Å². The number of carboxylic acids is 1.